The van der Waals surface area contributed by atoms with Crippen molar-refractivity contribution in [2.45, 2.75) is 32.7 Å². The molecule has 2 rings (SSSR count). The van der Waals surface area contributed by atoms with E-state index in [4.69, 9.17) is 0 Å². The lowest BCUT2D eigenvalue weighted by atomic mass is 10.2. The van der Waals surface area contributed by atoms with E-state index in [0.717, 1.165) is 19.5 Å². The van der Waals surface area contributed by atoms with Crippen molar-refractivity contribution in [1.82, 2.24) is 9.88 Å². The van der Waals surface area contributed by atoms with Crippen LogP contribution in [-0.2, 0) is 13.0 Å². The minimum absolute atomic E-state index is 0.584. The maximum atomic E-state index is 4.68. The zero-order chi connectivity index (χ0) is 9.42. The fourth-order valence-corrected chi connectivity index (χ4v) is 2.78. The maximum absolute atomic E-state index is 4.68. The quantitative estimate of drug-likeness (QED) is 0.685. The van der Waals surface area contributed by atoms with Gasteiger partial charge in [0.05, 0.1) is 10.7 Å². The van der Waals surface area contributed by atoms with Gasteiger partial charge in [-0.1, -0.05) is 13.8 Å². The first-order valence-corrected chi connectivity index (χ1v) is 5.65. The van der Waals surface area contributed by atoms with E-state index in [1.54, 1.807) is 0 Å². The summed E-state index contributed by atoms with van der Waals surface area (Å²) in [6.45, 7) is 6.69. The van der Waals surface area contributed by atoms with Crippen LogP contribution < -0.4 is 0 Å². The summed E-state index contributed by atoms with van der Waals surface area (Å²) in [6, 6.07) is 0. The average Bonchev–Trinajstić information content (AvgIpc) is 2.46. The first kappa shape index (κ1) is 9.16. The van der Waals surface area contributed by atoms with Crippen molar-refractivity contribution < 1.29 is 0 Å². The Morgan fingerprint density at radius 1 is 1.46 bits per heavy atom. The lowest BCUT2D eigenvalue weighted by molar-refractivity contribution is 0.314. The molecule has 0 amide bonds. The van der Waals surface area contributed by atoms with Crippen LogP contribution in [0.5, 0.6) is 0 Å². The van der Waals surface area contributed by atoms with Gasteiger partial charge >= 0.3 is 0 Å². The number of nitrogens with zero attached hydrogens (tertiary/aromatic N) is 2. The Morgan fingerprint density at radius 3 is 2.92 bits per heavy atom. The number of aromatic nitrogens is 1. The highest BCUT2D eigenvalue weighted by atomic mass is 32.1. The Hall–Kier alpha value is -0.410. The van der Waals surface area contributed by atoms with Crippen molar-refractivity contribution in [3.63, 3.8) is 0 Å². The van der Waals surface area contributed by atoms with Gasteiger partial charge in [0.15, 0.2) is 0 Å². The van der Waals surface area contributed by atoms with E-state index in [1.165, 1.54) is 15.6 Å². The third kappa shape index (κ3) is 1.76. The van der Waals surface area contributed by atoms with Gasteiger partial charge in [-0.15, -0.1) is 11.3 Å². The predicted molar refractivity (Wildman–Crippen MR) is 56.2 cm³/mol. The molecule has 2 nitrogen and oxygen atoms in total. The standard InChI is InChI=1S/C10H16N2S/c1-7(2)10-11-8-4-5-12(3)6-9(8)13-10/h7H,4-6H2,1-3H3. The van der Waals surface area contributed by atoms with Crippen LogP contribution in [0.2, 0.25) is 0 Å². The van der Waals surface area contributed by atoms with Crippen LogP contribution in [0.15, 0.2) is 0 Å². The van der Waals surface area contributed by atoms with Crippen molar-refractivity contribution >= 4 is 11.3 Å². The molecule has 3 heteroatoms. The number of fused-ring (bicyclic) bond motifs is 1. The maximum Gasteiger partial charge on any atom is 0.0957 e. The lowest BCUT2D eigenvalue weighted by Crippen LogP contribution is -2.25. The third-order valence-corrected chi connectivity index (χ3v) is 3.82. The van der Waals surface area contributed by atoms with Crippen molar-refractivity contribution in [2.75, 3.05) is 13.6 Å². The second-order valence-corrected chi connectivity index (χ2v) is 5.18. The summed E-state index contributed by atoms with van der Waals surface area (Å²) < 4.78 is 0. The summed E-state index contributed by atoms with van der Waals surface area (Å²) in [4.78, 5) is 8.53. The smallest absolute Gasteiger partial charge is 0.0957 e. The molecule has 13 heavy (non-hydrogen) atoms. The second kappa shape index (κ2) is 3.39. The zero-order valence-electron chi connectivity index (χ0n) is 8.50. The van der Waals surface area contributed by atoms with Crippen LogP contribution in [-0.4, -0.2) is 23.5 Å². The van der Waals surface area contributed by atoms with Crippen LogP contribution in [0.3, 0.4) is 0 Å². The molecule has 1 aromatic rings. The molecule has 0 radical (unpaired) electrons. The summed E-state index contributed by atoms with van der Waals surface area (Å²) in [5.74, 6) is 0.584. The molecule has 1 aromatic heterocycles. The van der Waals surface area contributed by atoms with Crippen LogP contribution in [0.25, 0.3) is 0 Å². The zero-order valence-corrected chi connectivity index (χ0v) is 9.32. The van der Waals surface area contributed by atoms with E-state index >= 15 is 0 Å². The second-order valence-electron chi connectivity index (χ2n) is 4.06. The van der Waals surface area contributed by atoms with Crippen molar-refractivity contribution in [2.24, 2.45) is 0 Å². The van der Waals surface area contributed by atoms with Gasteiger partial charge in [-0.25, -0.2) is 4.98 Å². The Bertz CT molecular complexity index is 304. The molecule has 0 atom stereocenters. The van der Waals surface area contributed by atoms with Crippen molar-refractivity contribution in [3.8, 4) is 0 Å². The van der Waals surface area contributed by atoms with Gasteiger partial charge in [-0.2, -0.15) is 0 Å². The van der Waals surface area contributed by atoms with Gasteiger partial charge in [0.1, 0.15) is 0 Å². The average molecular weight is 196 g/mol. The Labute approximate surface area is 83.6 Å². The number of likely N-dealkylation sites (N-methyl/N-ethyl adjacent to an activating group) is 1. The van der Waals surface area contributed by atoms with Crippen molar-refractivity contribution in [3.05, 3.63) is 15.6 Å². The Morgan fingerprint density at radius 2 is 2.23 bits per heavy atom. The van der Waals surface area contributed by atoms with E-state index < -0.39 is 0 Å². The highest BCUT2D eigenvalue weighted by molar-refractivity contribution is 7.11. The van der Waals surface area contributed by atoms with Gasteiger partial charge in [-0.3, -0.25) is 0 Å². The van der Waals surface area contributed by atoms with Crippen LogP contribution >= 0.6 is 11.3 Å². The monoisotopic (exact) mass is 196 g/mol. The molecule has 1 aliphatic heterocycles. The molecule has 0 fully saturated rings. The number of hydrogen-bond acceptors (Lipinski definition) is 3. The van der Waals surface area contributed by atoms with Gasteiger partial charge in [0, 0.05) is 30.3 Å². The molecular weight excluding hydrogens is 180 g/mol. The SMILES string of the molecule is CC(C)c1nc2c(s1)CN(C)CC2. The highest BCUT2D eigenvalue weighted by Gasteiger charge is 2.18. The molecule has 0 aliphatic carbocycles. The topological polar surface area (TPSA) is 16.1 Å². The first-order valence-electron chi connectivity index (χ1n) is 4.84. The van der Waals surface area contributed by atoms with Crippen LogP contribution in [0.1, 0.15) is 35.3 Å². The summed E-state index contributed by atoms with van der Waals surface area (Å²) in [5.41, 5.74) is 1.35. The molecule has 0 unspecified atom stereocenters. The normalized spacial score (nSPS) is 17.8. The summed E-state index contributed by atoms with van der Waals surface area (Å²) in [6.07, 6.45) is 1.13. The number of rotatable bonds is 1. The number of thiazole rings is 1. The summed E-state index contributed by atoms with van der Waals surface area (Å²) >= 11 is 1.89. The van der Waals surface area contributed by atoms with E-state index in [-0.39, 0.29) is 0 Å². The minimum atomic E-state index is 0.584. The predicted octanol–water partition coefficient (Wildman–Crippen LogP) is 2.25. The van der Waals surface area contributed by atoms with Gasteiger partial charge < -0.3 is 4.90 Å². The van der Waals surface area contributed by atoms with E-state index in [0.29, 0.717) is 5.92 Å². The van der Waals surface area contributed by atoms with E-state index in [9.17, 15) is 0 Å². The Kier molecular flexibility index (Phi) is 2.39. The van der Waals surface area contributed by atoms with Crippen LogP contribution in [0.4, 0.5) is 0 Å². The fourth-order valence-electron chi connectivity index (χ4n) is 1.59. The molecule has 0 aromatic carbocycles. The van der Waals surface area contributed by atoms with Crippen LogP contribution in [0, 0.1) is 0 Å². The molecule has 72 valence electrons. The van der Waals surface area contributed by atoms with Gasteiger partial charge in [0.25, 0.3) is 0 Å². The molecule has 0 saturated heterocycles. The molecule has 0 saturated carbocycles. The fraction of sp³-hybridized carbons (Fsp3) is 0.700. The van der Waals surface area contributed by atoms with Gasteiger partial charge in [-0.05, 0) is 7.05 Å². The van der Waals surface area contributed by atoms with Crippen molar-refractivity contribution in [1.29, 1.82) is 0 Å². The molecule has 0 N–H and O–H groups in total. The molecule has 1 aliphatic rings. The Balaban J connectivity index is 2.28. The third-order valence-electron chi connectivity index (χ3n) is 2.43. The molecule has 0 bridgehead atoms. The van der Waals surface area contributed by atoms with E-state index in [2.05, 4.69) is 30.8 Å². The molecule has 0 spiro atoms. The lowest BCUT2D eigenvalue weighted by Gasteiger charge is -2.20. The van der Waals surface area contributed by atoms with E-state index in [1.807, 2.05) is 11.3 Å². The minimum Gasteiger partial charge on any atom is -0.301 e. The summed E-state index contributed by atoms with van der Waals surface area (Å²) in [7, 11) is 2.18. The largest absolute Gasteiger partial charge is 0.301 e. The van der Waals surface area contributed by atoms with Gasteiger partial charge in [0.2, 0.25) is 0 Å². The molecular formula is C10H16N2S. The first-order chi connectivity index (χ1) is 6.16. The highest BCUT2D eigenvalue weighted by Crippen LogP contribution is 2.28. The number of hydrogen-bond donors (Lipinski definition) is 0. The molecule has 2 heterocycles. The summed E-state index contributed by atoms with van der Waals surface area (Å²) in [5, 5.41) is 1.31.